The molecule has 0 saturated heterocycles. The van der Waals surface area contributed by atoms with Gasteiger partial charge in [-0.2, -0.15) is 0 Å². The van der Waals surface area contributed by atoms with E-state index in [1.807, 2.05) is 0 Å². The molecule has 0 radical (unpaired) electrons. The van der Waals surface area contributed by atoms with Crippen LogP contribution in [-0.4, -0.2) is 96.7 Å². The van der Waals surface area contributed by atoms with Gasteiger partial charge in [-0.05, 0) is 25.7 Å². The van der Waals surface area contributed by atoms with Crippen molar-refractivity contribution in [2.45, 2.75) is 451 Å². The molecule has 0 aliphatic carbocycles. The van der Waals surface area contributed by atoms with Crippen LogP contribution < -0.4 is 0 Å². The summed E-state index contributed by atoms with van der Waals surface area (Å²) in [5, 5.41) is 10.6. The van der Waals surface area contributed by atoms with Crippen LogP contribution in [0.3, 0.4) is 0 Å². The van der Waals surface area contributed by atoms with E-state index in [0.29, 0.717) is 25.7 Å². The summed E-state index contributed by atoms with van der Waals surface area (Å²) in [6.45, 7) is 5.00. The topological polar surface area (TPSA) is 237 Å². The second kappa shape index (κ2) is 74.3. The molecule has 3 N–H and O–H groups in total. The van der Waals surface area contributed by atoms with E-state index in [0.717, 1.165) is 89.9 Å². The lowest BCUT2D eigenvalue weighted by Crippen LogP contribution is -2.30. The summed E-state index contributed by atoms with van der Waals surface area (Å²) in [7, 11) is -9.91. The third kappa shape index (κ3) is 74.1. The van der Waals surface area contributed by atoms with Crippen molar-refractivity contribution < 1.29 is 80.2 Å². The van der Waals surface area contributed by atoms with Crippen molar-refractivity contribution in [3.8, 4) is 0 Å². The molecule has 0 aromatic heterocycles. The Balaban J connectivity index is 5.20. The molecule has 2 unspecified atom stereocenters. The van der Waals surface area contributed by atoms with Crippen LogP contribution >= 0.6 is 15.6 Å². The van der Waals surface area contributed by atoms with Crippen LogP contribution in [0.1, 0.15) is 432 Å². The van der Waals surface area contributed by atoms with E-state index in [4.69, 9.17) is 37.0 Å². The van der Waals surface area contributed by atoms with Crippen LogP contribution in [0.15, 0.2) is 0 Å². The summed E-state index contributed by atoms with van der Waals surface area (Å²) in [5.41, 5.74) is 0. The first-order chi connectivity index (χ1) is 48.2. The second-order valence-corrected chi connectivity index (χ2v) is 31.7. The number of aliphatic hydroxyl groups is 1. The maximum atomic E-state index is 13.1. The van der Waals surface area contributed by atoms with Crippen LogP contribution in [0.2, 0.25) is 0 Å². The van der Waals surface area contributed by atoms with Gasteiger partial charge in [0.1, 0.15) is 19.3 Å². The van der Waals surface area contributed by atoms with Gasteiger partial charge in [-0.15, -0.1) is 0 Å². The Morgan fingerprint density at radius 2 is 0.404 bits per heavy atom. The van der Waals surface area contributed by atoms with E-state index >= 15 is 0 Å². The normalized spacial score (nSPS) is 13.8. The van der Waals surface area contributed by atoms with Gasteiger partial charge in [0, 0.05) is 25.7 Å². The van der Waals surface area contributed by atoms with Crippen LogP contribution in [-0.2, 0) is 65.4 Å². The molecule has 0 rings (SSSR count). The number of carbonyl (C=O) groups excluding carboxylic acids is 4. The van der Waals surface area contributed by atoms with E-state index in [-0.39, 0.29) is 25.7 Å². The van der Waals surface area contributed by atoms with Crippen molar-refractivity contribution in [3.63, 3.8) is 0 Å². The van der Waals surface area contributed by atoms with Gasteiger partial charge in [0.25, 0.3) is 0 Å². The van der Waals surface area contributed by atoms with Gasteiger partial charge < -0.3 is 33.8 Å². The SMILES string of the molecule is CCCCCCCCCCCCCCCCCCCCCCC(=O)O[C@H](COC(=O)CCCCCCCCCCCCCCCCCCCC)COP(=O)(O)OC[C@@H](O)COP(=O)(O)OC[C@@H](COC(=O)CCCCCCCCCCCC)OC(=O)CCCCCCCCCCCCC. The van der Waals surface area contributed by atoms with Crippen molar-refractivity contribution in [2.75, 3.05) is 39.6 Å². The molecule has 5 atom stereocenters. The fourth-order valence-electron chi connectivity index (χ4n) is 12.5. The standard InChI is InChI=1S/C80H156O17P2/c1-5-9-13-17-21-25-29-31-33-35-37-38-40-42-44-47-51-55-59-63-67-80(85)97-76(71-91-78(83)65-61-57-53-49-46-43-41-39-36-34-32-30-26-22-18-14-10-6-2)73-95-99(88,89)93-69-74(81)68-92-98(86,87)94-72-75(70-90-77(82)64-60-56-52-48-28-24-20-16-12-8-4)96-79(84)66-62-58-54-50-45-27-23-19-15-11-7-3/h74-76,81H,5-73H2,1-4H3,(H,86,87)(H,88,89)/t74-,75+,76+/m0/s1. The number of unbranched alkanes of at least 4 members (excludes halogenated alkanes) is 55. The van der Waals surface area contributed by atoms with Gasteiger partial charge in [-0.1, -0.05) is 381 Å². The van der Waals surface area contributed by atoms with Crippen molar-refractivity contribution >= 4 is 39.5 Å². The van der Waals surface area contributed by atoms with Gasteiger partial charge in [0.05, 0.1) is 26.4 Å². The molecule has 19 heteroatoms. The lowest BCUT2D eigenvalue weighted by molar-refractivity contribution is -0.161. The molecule has 0 heterocycles. The highest BCUT2D eigenvalue weighted by Gasteiger charge is 2.30. The monoisotopic (exact) mass is 1450 g/mol. The summed E-state index contributed by atoms with van der Waals surface area (Å²) in [4.78, 5) is 72.9. The van der Waals surface area contributed by atoms with Gasteiger partial charge in [-0.3, -0.25) is 37.3 Å². The van der Waals surface area contributed by atoms with Crippen LogP contribution in [0.4, 0.5) is 0 Å². The zero-order chi connectivity index (χ0) is 72.5. The number of hydrogen-bond acceptors (Lipinski definition) is 15. The first-order valence-corrected chi connectivity index (χ1v) is 44.8. The van der Waals surface area contributed by atoms with E-state index < -0.39 is 97.5 Å². The van der Waals surface area contributed by atoms with Crippen molar-refractivity contribution in [2.24, 2.45) is 0 Å². The molecule has 0 aromatic rings. The zero-order valence-electron chi connectivity index (χ0n) is 64.5. The zero-order valence-corrected chi connectivity index (χ0v) is 66.3. The minimum Gasteiger partial charge on any atom is -0.462 e. The number of rotatable bonds is 81. The third-order valence-corrected chi connectivity index (χ3v) is 20.8. The molecule has 0 amide bonds. The smallest absolute Gasteiger partial charge is 0.462 e. The number of phosphoric acid groups is 2. The maximum absolute atomic E-state index is 13.1. The quantitative estimate of drug-likeness (QED) is 0.0222. The molecule has 17 nitrogen and oxygen atoms in total. The Morgan fingerprint density at radius 3 is 0.596 bits per heavy atom. The first kappa shape index (κ1) is 97.1. The molecule has 588 valence electrons. The van der Waals surface area contributed by atoms with Crippen molar-refractivity contribution in [3.05, 3.63) is 0 Å². The fourth-order valence-corrected chi connectivity index (χ4v) is 14.0. The largest absolute Gasteiger partial charge is 0.472 e. The Hall–Kier alpha value is -1.94. The maximum Gasteiger partial charge on any atom is 0.472 e. The fraction of sp³-hybridized carbons (Fsp3) is 0.950. The molecule has 0 aliphatic rings. The molecular formula is C80H156O17P2. The predicted molar refractivity (Wildman–Crippen MR) is 405 cm³/mol. The van der Waals surface area contributed by atoms with Crippen LogP contribution in [0.5, 0.6) is 0 Å². The number of hydrogen-bond donors (Lipinski definition) is 3. The lowest BCUT2D eigenvalue weighted by atomic mass is 10.0. The van der Waals surface area contributed by atoms with Crippen LogP contribution in [0, 0.1) is 0 Å². The lowest BCUT2D eigenvalue weighted by Gasteiger charge is -2.21. The predicted octanol–water partition coefficient (Wildman–Crippen LogP) is 24.2. The molecule has 0 saturated carbocycles. The number of aliphatic hydroxyl groups excluding tert-OH is 1. The summed E-state index contributed by atoms with van der Waals surface area (Å²) < 4.78 is 68.6. The number of carbonyl (C=O) groups is 4. The second-order valence-electron chi connectivity index (χ2n) is 28.8. The molecule has 99 heavy (non-hydrogen) atoms. The van der Waals surface area contributed by atoms with E-state index in [1.54, 1.807) is 0 Å². The Kier molecular flexibility index (Phi) is 72.9. The average molecular weight is 1450 g/mol. The minimum absolute atomic E-state index is 0.108. The molecule has 0 aromatic carbocycles. The molecule has 0 spiro atoms. The summed E-state index contributed by atoms with van der Waals surface area (Å²) >= 11 is 0. The number of phosphoric ester groups is 2. The highest BCUT2D eigenvalue weighted by Crippen LogP contribution is 2.45. The van der Waals surface area contributed by atoms with Gasteiger partial charge in [0.15, 0.2) is 12.2 Å². The van der Waals surface area contributed by atoms with Crippen molar-refractivity contribution in [1.82, 2.24) is 0 Å². The van der Waals surface area contributed by atoms with Crippen LogP contribution in [0.25, 0.3) is 0 Å². The minimum atomic E-state index is -4.96. The number of ether oxygens (including phenoxy) is 4. The molecule has 0 fully saturated rings. The van der Waals surface area contributed by atoms with Gasteiger partial charge >= 0.3 is 39.5 Å². The Bertz CT molecular complexity index is 1880. The average Bonchev–Trinajstić information content (AvgIpc) is 1.03. The molecule has 0 bridgehead atoms. The third-order valence-electron chi connectivity index (χ3n) is 18.9. The molecular weight excluding hydrogens is 1290 g/mol. The highest BCUT2D eigenvalue weighted by atomic mass is 31.2. The first-order valence-electron chi connectivity index (χ1n) is 41.8. The summed E-state index contributed by atoms with van der Waals surface area (Å²) in [6.07, 6.45) is 66.6. The summed E-state index contributed by atoms with van der Waals surface area (Å²) in [5.74, 6) is -2.11. The summed E-state index contributed by atoms with van der Waals surface area (Å²) in [6, 6.07) is 0. The van der Waals surface area contributed by atoms with E-state index in [1.165, 1.54) is 263 Å². The van der Waals surface area contributed by atoms with Gasteiger partial charge in [-0.25, -0.2) is 9.13 Å². The van der Waals surface area contributed by atoms with Gasteiger partial charge in [0.2, 0.25) is 0 Å². The van der Waals surface area contributed by atoms with E-state index in [2.05, 4.69) is 27.7 Å². The van der Waals surface area contributed by atoms with Crippen molar-refractivity contribution in [1.29, 1.82) is 0 Å². The number of esters is 4. The Morgan fingerprint density at radius 1 is 0.242 bits per heavy atom. The highest BCUT2D eigenvalue weighted by molar-refractivity contribution is 7.47. The Labute approximate surface area is 607 Å². The molecule has 0 aliphatic heterocycles. The van der Waals surface area contributed by atoms with E-state index in [9.17, 15) is 43.2 Å².